The summed E-state index contributed by atoms with van der Waals surface area (Å²) in [5.74, 6) is -2.10. The molecule has 0 unspecified atom stereocenters. The van der Waals surface area contributed by atoms with Gasteiger partial charge in [0.25, 0.3) is 0 Å². The Balaban J connectivity index is 1.57. The van der Waals surface area contributed by atoms with Gasteiger partial charge in [-0.05, 0) is 47.0 Å². The van der Waals surface area contributed by atoms with Gasteiger partial charge in [-0.1, -0.05) is 24.3 Å². The maximum absolute atomic E-state index is 13.0. The number of benzene rings is 1. The van der Waals surface area contributed by atoms with Gasteiger partial charge >= 0.3 is 11.8 Å². The number of thiophene rings is 2. The van der Waals surface area contributed by atoms with E-state index in [1.165, 1.54) is 29.5 Å². The number of hydrogen-bond donors (Lipinski definition) is 2. The van der Waals surface area contributed by atoms with Crippen molar-refractivity contribution in [2.45, 2.75) is 15.9 Å². The van der Waals surface area contributed by atoms with Crippen molar-refractivity contribution >= 4 is 44.3 Å². The summed E-state index contributed by atoms with van der Waals surface area (Å²) < 4.78 is 39.0. The Morgan fingerprint density at radius 1 is 0.933 bits per heavy atom. The molecule has 0 fully saturated rings. The number of nitrogens with one attached hydrogen (secondary N) is 2. The van der Waals surface area contributed by atoms with Crippen LogP contribution in [0.1, 0.15) is 15.7 Å². The van der Waals surface area contributed by atoms with E-state index in [1.807, 2.05) is 0 Å². The first-order chi connectivity index (χ1) is 14.4. The van der Waals surface area contributed by atoms with E-state index >= 15 is 0 Å². The van der Waals surface area contributed by atoms with Crippen molar-refractivity contribution in [2.24, 2.45) is 0 Å². The highest BCUT2D eigenvalue weighted by Gasteiger charge is 2.31. The van der Waals surface area contributed by atoms with Gasteiger partial charge in [-0.15, -0.1) is 22.7 Å². The summed E-state index contributed by atoms with van der Waals surface area (Å²) in [6.45, 7) is -0.0231. The van der Waals surface area contributed by atoms with E-state index in [0.29, 0.717) is 11.3 Å². The standard InChI is InChI=1S/C20H19FN2O4S3/c21-15-7-5-14(6-8-15)9-10-22-19(24)20(25)23-13-17(16-3-1-11-28-16)30(26,27)18-4-2-12-29-18/h1-8,11-12,17H,9-10,13H2,(H,22,24)(H,23,25)/t17-/m0/s1. The molecule has 0 spiro atoms. The van der Waals surface area contributed by atoms with E-state index in [0.717, 1.165) is 16.9 Å². The van der Waals surface area contributed by atoms with Crippen LogP contribution in [0.5, 0.6) is 0 Å². The topological polar surface area (TPSA) is 92.3 Å². The lowest BCUT2D eigenvalue weighted by Crippen LogP contribution is -2.42. The summed E-state index contributed by atoms with van der Waals surface area (Å²) in [7, 11) is -3.71. The molecule has 0 aliphatic carbocycles. The Hall–Kier alpha value is -2.56. The zero-order valence-electron chi connectivity index (χ0n) is 15.7. The van der Waals surface area contributed by atoms with Gasteiger partial charge in [-0.25, -0.2) is 12.8 Å². The van der Waals surface area contributed by atoms with Crippen LogP contribution in [0.25, 0.3) is 0 Å². The maximum atomic E-state index is 13.0. The third kappa shape index (κ3) is 5.53. The molecular formula is C20H19FN2O4S3. The van der Waals surface area contributed by atoms with Gasteiger partial charge in [0.05, 0.1) is 0 Å². The average molecular weight is 467 g/mol. The monoisotopic (exact) mass is 466 g/mol. The number of rotatable bonds is 8. The summed E-state index contributed by atoms with van der Waals surface area (Å²) in [6.07, 6.45) is 0.434. The van der Waals surface area contributed by atoms with Crippen molar-refractivity contribution in [3.05, 3.63) is 75.5 Å². The van der Waals surface area contributed by atoms with Crippen LogP contribution in [0.4, 0.5) is 4.39 Å². The summed E-state index contributed by atoms with van der Waals surface area (Å²) in [6, 6.07) is 12.4. The number of halogens is 1. The van der Waals surface area contributed by atoms with Gasteiger partial charge in [0.1, 0.15) is 15.3 Å². The second-order valence-electron chi connectivity index (χ2n) is 6.32. The number of sulfone groups is 1. The molecule has 6 nitrogen and oxygen atoms in total. The molecule has 1 aromatic carbocycles. The lowest BCUT2D eigenvalue weighted by Gasteiger charge is -2.16. The third-order valence-electron chi connectivity index (χ3n) is 4.28. The van der Waals surface area contributed by atoms with Gasteiger partial charge in [0.2, 0.25) is 0 Å². The number of hydrogen-bond acceptors (Lipinski definition) is 6. The lowest BCUT2D eigenvalue weighted by molar-refractivity contribution is -0.139. The van der Waals surface area contributed by atoms with E-state index < -0.39 is 26.9 Å². The second-order valence-corrected chi connectivity index (χ2v) is 10.6. The minimum atomic E-state index is -3.71. The molecule has 2 heterocycles. The SMILES string of the molecule is O=C(NCCc1ccc(F)cc1)C(=O)NC[C@@H](c1cccs1)S(=O)(=O)c1cccs1. The Morgan fingerprint density at radius 2 is 1.60 bits per heavy atom. The van der Waals surface area contributed by atoms with Crippen LogP contribution in [0.3, 0.4) is 0 Å². The minimum Gasteiger partial charge on any atom is -0.348 e. The van der Waals surface area contributed by atoms with Crippen LogP contribution in [-0.4, -0.2) is 33.3 Å². The molecule has 1 atom stereocenters. The highest BCUT2D eigenvalue weighted by Crippen LogP contribution is 2.33. The molecule has 2 amide bonds. The van der Waals surface area contributed by atoms with Gasteiger partial charge in [0.15, 0.2) is 9.84 Å². The van der Waals surface area contributed by atoms with Gasteiger partial charge < -0.3 is 10.6 Å². The van der Waals surface area contributed by atoms with Crippen molar-refractivity contribution in [3.63, 3.8) is 0 Å². The summed E-state index contributed by atoms with van der Waals surface area (Å²) in [5.41, 5.74) is 0.817. The Bertz CT molecular complexity index is 1080. The van der Waals surface area contributed by atoms with E-state index in [9.17, 15) is 22.4 Å². The van der Waals surface area contributed by atoms with E-state index in [4.69, 9.17) is 0 Å². The predicted molar refractivity (Wildman–Crippen MR) is 115 cm³/mol. The van der Waals surface area contributed by atoms with Crippen LogP contribution in [-0.2, 0) is 25.8 Å². The fourth-order valence-corrected chi connectivity index (χ4v) is 6.71. The molecule has 0 aliphatic rings. The maximum Gasteiger partial charge on any atom is 0.309 e. The van der Waals surface area contributed by atoms with Crippen molar-refractivity contribution in [3.8, 4) is 0 Å². The molecule has 0 bridgehead atoms. The molecule has 0 radical (unpaired) electrons. The summed E-state index contributed by atoms with van der Waals surface area (Å²) in [5, 5.41) is 7.36. The molecule has 0 saturated heterocycles. The molecular weight excluding hydrogens is 447 g/mol. The quantitative estimate of drug-likeness (QED) is 0.500. The number of carbonyl (C=O) groups excluding carboxylic acids is 2. The van der Waals surface area contributed by atoms with Crippen molar-refractivity contribution in [2.75, 3.05) is 13.1 Å². The smallest absolute Gasteiger partial charge is 0.309 e. The molecule has 30 heavy (non-hydrogen) atoms. The molecule has 0 saturated carbocycles. The molecule has 10 heteroatoms. The fourth-order valence-electron chi connectivity index (χ4n) is 2.72. The molecule has 3 rings (SSSR count). The first-order valence-corrected chi connectivity index (χ1v) is 12.3. The van der Waals surface area contributed by atoms with Gasteiger partial charge in [-0.3, -0.25) is 9.59 Å². The highest BCUT2D eigenvalue weighted by atomic mass is 32.2. The average Bonchev–Trinajstić information content (AvgIpc) is 3.44. The molecule has 2 N–H and O–H groups in total. The lowest BCUT2D eigenvalue weighted by atomic mass is 10.1. The van der Waals surface area contributed by atoms with E-state index in [2.05, 4.69) is 10.6 Å². The third-order valence-corrected chi connectivity index (χ3v) is 8.93. The summed E-state index contributed by atoms with van der Waals surface area (Å²) in [4.78, 5) is 24.8. The van der Waals surface area contributed by atoms with Crippen molar-refractivity contribution in [1.29, 1.82) is 0 Å². The number of carbonyl (C=O) groups is 2. The second kappa shape index (κ2) is 9.96. The van der Waals surface area contributed by atoms with Gasteiger partial charge in [0, 0.05) is 18.0 Å². The molecule has 2 aromatic heterocycles. The van der Waals surface area contributed by atoms with Gasteiger partial charge in [-0.2, -0.15) is 0 Å². The first kappa shape index (κ1) is 22.1. The van der Waals surface area contributed by atoms with Crippen LogP contribution in [0, 0.1) is 5.82 Å². The predicted octanol–water partition coefficient (Wildman–Crippen LogP) is 2.94. The van der Waals surface area contributed by atoms with Crippen LogP contribution in [0.2, 0.25) is 0 Å². The summed E-state index contributed by atoms with van der Waals surface area (Å²) >= 11 is 2.38. The minimum absolute atomic E-state index is 0.194. The molecule has 0 aliphatic heterocycles. The first-order valence-electron chi connectivity index (χ1n) is 8.99. The fraction of sp³-hybridized carbons (Fsp3) is 0.200. The zero-order chi connectivity index (χ0) is 21.6. The molecule has 3 aromatic rings. The van der Waals surface area contributed by atoms with E-state index in [1.54, 1.807) is 41.1 Å². The highest BCUT2D eigenvalue weighted by molar-refractivity contribution is 7.93. The Morgan fingerprint density at radius 3 is 2.23 bits per heavy atom. The Labute approximate surface area is 181 Å². The van der Waals surface area contributed by atoms with Crippen molar-refractivity contribution < 1.29 is 22.4 Å². The van der Waals surface area contributed by atoms with Crippen LogP contribution in [0.15, 0.2) is 63.5 Å². The largest absolute Gasteiger partial charge is 0.348 e. The van der Waals surface area contributed by atoms with Crippen molar-refractivity contribution in [1.82, 2.24) is 10.6 Å². The Kier molecular flexibility index (Phi) is 7.35. The number of amides is 2. The zero-order valence-corrected chi connectivity index (χ0v) is 18.2. The normalized spacial score (nSPS) is 12.3. The van der Waals surface area contributed by atoms with Crippen LogP contribution >= 0.6 is 22.7 Å². The van der Waals surface area contributed by atoms with Crippen LogP contribution < -0.4 is 10.6 Å². The molecule has 158 valence electrons. The van der Waals surface area contributed by atoms with E-state index in [-0.39, 0.29) is 23.1 Å².